The van der Waals surface area contributed by atoms with Gasteiger partial charge in [0.25, 0.3) is 0 Å². The van der Waals surface area contributed by atoms with Crippen LogP contribution in [0.15, 0.2) is 46.7 Å². The number of thiophene rings is 1. The molecule has 0 radical (unpaired) electrons. The molecule has 0 N–H and O–H groups in total. The van der Waals surface area contributed by atoms with Gasteiger partial charge in [-0.15, -0.1) is 11.3 Å². The number of rotatable bonds is 3. The molecule has 3 nitrogen and oxygen atoms in total. The second-order valence-electron chi connectivity index (χ2n) is 5.31. The fraction of sp³-hybridized carbons (Fsp3) is 0.333. The van der Waals surface area contributed by atoms with Gasteiger partial charge >= 0.3 is 6.18 Å². The minimum absolute atomic E-state index is 0.103. The zero-order chi connectivity index (χ0) is 16.7. The summed E-state index contributed by atoms with van der Waals surface area (Å²) < 4.78 is 64.7. The molecule has 0 saturated carbocycles. The van der Waals surface area contributed by atoms with E-state index < -0.39 is 21.8 Å². The maximum Gasteiger partial charge on any atom is 0.416 e. The third-order valence-corrected chi connectivity index (χ3v) is 6.76. The summed E-state index contributed by atoms with van der Waals surface area (Å²) in [5.74, 6) is 0. The lowest BCUT2D eigenvalue weighted by Gasteiger charge is -2.23. The standard InChI is InChI=1S/C15H14F3NO2S2/c16-15(17,18)11-5-7-12(8-6-11)23(20,21)19-9-1-3-13(19)14-4-2-10-22-14/h2,4-8,10,13H,1,3,9H2/t13-/m1/s1. The molecule has 23 heavy (non-hydrogen) atoms. The highest BCUT2D eigenvalue weighted by Gasteiger charge is 2.37. The Balaban J connectivity index is 1.92. The van der Waals surface area contributed by atoms with Crippen LogP contribution in [0, 0.1) is 0 Å². The Morgan fingerprint density at radius 1 is 1.13 bits per heavy atom. The Labute approximate surface area is 136 Å². The molecule has 1 aliphatic heterocycles. The van der Waals surface area contributed by atoms with Gasteiger partial charge in [0.15, 0.2) is 0 Å². The molecule has 1 aliphatic rings. The molecule has 0 bridgehead atoms. The topological polar surface area (TPSA) is 37.4 Å². The highest BCUT2D eigenvalue weighted by Crippen LogP contribution is 2.38. The van der Waals surface area contributed by atoms with Crippen LogP contribution < -0.4 is 0 Å². The van der Waals surface area contributed by atoms with Crippen molar-refractivity contribution in [3.8, 4) is 0 Å². The lowest BCUT2D eigenvalue weighted by Crippen LogP contribution is -2.30. The molecular formula is C15H14F3NO2S2. The van der Waals surface area contributed by atoms with Crippen LogP contribution in [-0.4, -0.2) is 19.3 Å². The van der Waals surface area contributed by atoms with Crippen molar-refractivity contribution in [1.82, 2.24) is 4.31 Å². The van der Waals surface area contributed by atoms with Crippen molar-refractivity contribution in [2.45, 2.75) is 30.0 Å². The van der Waals surface area contributed by atoms with Crippen molar-refractivity contribution in [3.05, 3.63) is 52.2 Å². The van der Waals surface area contributed by atoms with E-state index in [2.05, 4.69) is 0 Å². The number of nitrogens with zero attached hydrogens (tertiary/aromatic N) is 1. The molecule has 2 heterocycles. The summed E-state index contributed by atoms with van der Waals surface area (Å²) in [7, 11) is -3.80. The number of hydrogen-bond acceptors (Lipinski definition) is 3. The highest BCUT2D eigenvalue weighted by atomic mass is 32.2. The summed E-state index contributed by atoms with van der Waals surface area (Å²) in [4.78, 5) is 0.854. The van der Waals surface area contributed by atoms with Crippen molar-refractivity contribution in [1.29, 1.82) is 0 Å². The predicted molar refractivity (Wildman–Crippen MR) is 81.6 cm³/mol. The summed E-state index contributed by atoms with van der Waals surface area (Å²) in [6.07, 6.45) is -3.02. The van der Waals surface area contributed by atoms with Crippen molar-refractivity contribution in [2.75, 3.05) is 6.54 Å². The summed E-state index contributed by atoms with van der Waals surface area (Å²) in [6, 6.07) is 7.19. The molecule has 3 rings (SSSR count). The lowest BCUT2D eigenvalue weighted by atomic mass is 10.2. The Bertz CT molecular complexity index is 768. The molecule has 0 amide bonds. The largest absolute Gasteiger partial charge is 0.416 e. The number of alkyl halides is 3. The number of hydrogen-bond donors (Lipinski definition) is 0. The maximum absolute atomic E-state index is 12.8. The zero-order valence-corrected chi connectivity index (χ0v) is 13.6. The van der Waals surface area contributed by atoms with Crippen LogP contribution in [0.1, 0.15) is 29.3 Å². The molecule has 1 atom stereocenters. The Morgan fingerprint density at radius 2 is 1.83 bits per heavy atom. The molecule has 2 aromatic rings. The minimum Gasteiger partial charge on any atom is -0.207 e. The Kier molecular flexibility index (Phi) is 4.24. The van der Waals surface area contributed by atoms with Crippen molar-refractivity contribution in [3.63, 3.8) is 0 Å². The van der Waals surface area contributed by atoms with Crippen molar-refractivity contribution in [2.24, 2.45) is 0 Å². The van der Waals surface area contributed by atoms with Crippen LogP contribution >= 0.6 is 11.3 Å². The normalized spacial score (nSPS) is 20.0. The second-order valence-corrected chi connectivity index (χ2v) is 8.18. The molecule has 1 saturated heterocycles. The fourth-order valence-electron chi connectivity index (χ4n) is 2.74. The zero-order valence-electron chi connectivity index (χ0n) is 12.0. The summed E-state index contributed by atoms with van der Waals surface area (Å²) in [5, 5.41) is 1.89. The maximum atomic E-state index is 12.8. The van der Waals surface area contributed by atoms with E-state index in [0.717, 1.165) is 42.0 Å². The van der Waals surface area contributed by atoms with Gasteiger partial charge in [0, 0.05) is 11.4 Å². The summed E-state index contributed by atoms with van der Waals surface area (Å²) in [6.45, 7) is 0.381. The van der Waals surface area contributed by atoms with Crippen LogP contribution in [0.4, 0.5) is 13.2 Å². The molecule has 124 valence electrons. The fourth-order valence-corrected chi connectivity index (χ4v) is 5.36. The smallest absolute Gasteiger partial charge is 0.207 e. The molecule has 8 heteroatoms. The predicted octanol–water partition coefficient (Wildman–Crippen LogP) is 4.29. The van der Waals surface area contributed by atoms with Gasteiger partial charge in [-0.1, -0.05) is 6.07 Å². The molecule has 1 aromatic heterocycles. The van der Waals surface area contributed by atoms with Gasteiger partial charge in [0.2, 0.25) is 10.0 Å². The average molecular weight is 361 g/mol. The van der Waals surface area contributed by atoms with E-state index in [1.807, 2.05) is 17.5 Å². The van der Waals surface area contributed by atoms with Crippen molar-refractivity contribution >= 4 is 21.4 Å². The Morgan fingerprint density at radius 3 is 2.39 bits per heavy atom. The van der Waals surface area contributed by atoms with Gasteiger partial charge in [-0.2, -0.15) is 17.5 Å². The summed E-state index contributed by atoms with van der Waals surface area (Å²) in [5.41, 5.74) is -0.854. The van der Waals surface area contributed by atoms with Gasteiger partial charge in [0.1, 0.15) is 0 Å². The average Bonchev–Trinajstić information content (AvgIpc) is 3.17. The highest BCUT2D eigenvalue weighted by molar-refractivity contribution is 7.89. The van der Waals surface area contributed by atoms with E-state index in [9.17, 15) is 21.6 Å². The lowest BCUT2D eigenvalue weighted by molar-refractivity contribution is -0.137. The number of sulfonamides is 1. The van der Waals surface area contributed by atoms with E-state index in [1.165, 1.54) is 15.6 Å². The van der Waals surface area contributed by atoms with Crippen LogP contribution in [-0.2, 0) is 16.2 Å². The number of halogens is 3. The van der Waals surface area contributed by atoms with Gasteiger partial charge < -0.3 is 0 Å². The first kappa shape index (κ1) is 16.5. The van der Waals surface area contributed by atoms with Crippen molar-refractivity contribution < 1.29 is 21.6 Å². The molecule has 0 unspecified atom stereocenters. The van der Waals surface area contributed by atoms with E-state index in [4.69, 9.17) is 0 Å². The third kappa shape index (κ3) is 3.15. The first-order valence-corrected chi connectivity index (χ1v) is 9.34. The monoisotopic (exact) mass is 361 g/mol. The number of benzene rings is 1. The van der Waals surface area contributed by atoms with Gasteiger partial charge in [-0.25, -0.2) is 8.42 Å². The SMILES string of the molecule is O=S(=O)(c1ccc(C(F)(F)F)cc1)N1CCC[C@@H]1c1cccs1. The van der Waals surface area contributed by atoms with Crippen LogP contribution in [0.25, 0.3) is 0 Å². The molecule has 0 aliphatic carbocycles. The molecule has 0 spiro atoms. The van der Waals surface area contributed by atoms with Gasteiger partial charge in [-0.05, 0) is 48.6 Å². The minimum atomic E-state index is -4.48. The van der Waals surface area contributed by atoms with E-state index in [0.29, 0.717) is 6.54 Å². The first-order valence-electron chi connectivity index (χ1n) is 7.02. The van der Waals surface area contributed by atoms with Crippen LogP contribution in [0.2, 0.25) is 0 Å². The summed E-state index contributed by atoms with van der Waals surface area (Å²) >= 11 is 1.49. The molecule has 1 fully saturated rings. The Hall–Kier alpha value is -1.38. The third-order valence-electron chi connectivity index (χ3n) is 3.86. The van der Waals surface area contributed by atoms with Gasteiger partial charge in [-0.3, -0.25) is 0 Å². The first-order chi connectivity index (χ1) is 10.8. The van der Waals surface area contributed by atoms with E-state index in [-0.39, 0.29) is 10.9 Å². The second kappa shape index (κ2) is 5.92. The van der Waals surface area contributed by atoms with Gasteiger partial charge in [0.05, 0.1) is 16.5 Å². The quantitative estimate of drug-likeness (QED) is 0.818. The molecular weight excluding hydrogens is 347 g/mol. The molecule has 1 aromatic carbocycles. The van der Waals surface area contributed by atoms with E-state index in [1.54, 1.807) is 0 Å². The van der Waals surface area contributed by atoms with Crippen LogP contribution in [0.3, 0.4) is 0 Å². The van der Waals surface area contributed by atoms with E-state index >= 15 is 0 Å². The van der Waals surface area contributed by atoms with Crippen LogP contribution in [0.5, 0.6) is 0 Å².